The van der Waals surface area contributed by atoms with Crippen molar-refractivity contribution in [3.05, 3.63) is 0 Å². The van der Waals surface area contributed by atoms with Crippen molar-refractivity contribution >= 4 is 12.3 Å². The molecule has 3 nitrogen and oxygen atoms in total. The molecule has 0 bridgehead atoms. The second kappa shape index (κ2) is 1.35. The minimum atomic E-state index is -0.183. The number of carbonyl (C=O) groups excluding carboxylic acids is 2. The van der Waals surface area contributed by atoms with Crippen LogP contribution < -0.4 is 0 Å². The Morgan fingerprint density at radius 2 is 2.44 bits per heavy atom. The van der Waals surface area contributed by atoms with Crippen LogP contribution >= 0.6 is 0 Å². The van der Waals surface area contributed by atoms with E-state index in [0.717, 1.165) is 6.29 Å². The Morgan fingerprint density at radius 3 is 2.78 bits per heavy atom. The van der Waals surface area contributed by atoms with Crippen LogP contribution in [0.25, 0.3) is 0 Å². The highest BCUT2D eigenvalue weighted by atomic mass is 16.5. The minimum absolute atomic E-state index is 0.00810. The highest BCUT2D eigenvalue weighted by Crippen LogP contribution is 2.49. The van der Waals surface area contributed by atoms with Crippen molar-refractivity contribution in [2.45, 2.75) is 0 Å². The molecular weight excluding hydrogens is 120 g/mol. The third-order valence-electron chi connectivity index (χ3n) is 2.08. The second-order valence-electron chi connectivity index (χ2n) is 2.53. The van der Waals surface area contributed by atoms with Gasteiger partial charge in [-0.05, 0) is 0 Å². The lowest BCUT2D eigenvalue weighted by molar-refractivity contribution is -0.142. The molecule has 48 valence electrons. The van der Waals surface area contributed by atoms with Gasteiger partial charge in [0.05, 0.1) is 12.5 Å². The van der Waals surface area contributed by atoms with Gasteiger partial charge in [0.25, 0.3) is 0 Å². The van der Waals surface area contributed by atoms with Crippen LogP contribution in [0.15, 0.2) is 0 Å². The van der Waals surface area contributed by atoms with Crippen LogP contribution in [0.3, 0.4) is 0 Å². The Balaban J connectivity index is 2.14. The van der Waals surface area contributed by atoms with Crippen LogP contribution in [-0.4, -0.2) is 18.9 Å². The molecule has 0 unspecified atom stereocenters. The fourth-order valence-corrected chi connectivity index (χ4v) is 1.41. The number of fused-ring (bicyclic) bond motifs is 1. The Labute approximate surface area is 52.0 Å². The van der Waals surface area contributed by atoms with E-state index in [2.05, 4.69) is 4.74 Å². The first-order valence-corrected chi connectivity index (χ1v) is 2.96. The van der Waals surface area contributed by atoms with Crippen molar-refractivity contribution in [3.63, 3.8) is 0 Å². The van der Waals surface area contributed by atoms with Crippen molar-refractivity contribution in [1.82, 2.24) is 0 Å². The maximum atomic E-state index is 10.6. The van der Waals surface area contributed by atoms with Gasteiger partial charge in [-0.3, -0.25) is 4.79 Å². The Bertz CT molecular complexity index is 175. The fraction of sp³-hybridized carbons (Fsp3) is 0.667. The van der Waals surface area contributed by atoms with Crippen molar-refractivity contribution in [1.29, 1.82) is 0 Å². The van der Waals surface area contributed by atoms with E-state index in [1.807, 2.05) is 0 Å². The molecule has 1 aliphatic carbocycles. The van der Waals surface area contributed by atoms with E-state index in [0.29, 0.717) is 6.61 Å². The predicted octanol–water partition coefficient (Wildman–Crippen LogP) is -0.396. The molecule has 3 atom stereocenters. The zero-order valence-corrected chi connectivity index (χ0v) is 4.74. The molecule has 1 aliphatic heterocycles. The summed E-state index contributed by atoms with van der Waals surface area (Å²) in [4.78, 5) is 20.7. The fourth-order valence-electron chi connectivity index (χ4n) is 1.41. The van der Waals surface area contributed by atoms with Crippen LogP contribution in [0.1, 0.15) is 0 Å². The minimum Gasteiger partial charge on any atom is -0.465 e. The summed E-state index contributed by atoms with van der Waals surface area (Å²) in [5.41, 5.74) is 0. The highest BCUT2D eigenvalue weighted by molar-refractivity contribution is 5.85. The van der Waals surface area contributed by atoms with Gasteiger partial charge in [-0.25, -0.2) is 0 Å². The summed E-state index contributed by atoms with van der Waals surface area (Å²) in [6.07, 6.45) is 0.857. The molecule has 0 aromatic carbocycles. The second-order valence-corrected chi connectivity index (χ2v) is 2.53. The molecule has 2 rings (SSSR count). The zero-order valence-electron chi connectivity index (χ0n) is 4.74. The summed E-state index contributed by atoms with van der Waals surface area (Å²) in [5, 5.41) is 0. The molecule has 2 fully saturated rings. The lowest BCUT2D eigenvalue weighted by atomic mass is 10.3. The smallest absolute Gasteiger partial charge is 0.310 e. The number of cyclic esters (lactones) is 1. The average Bonchev–Trinajstić information content (AvgIpc) is 2.46. The van der Waals surface area contributed by atoms with Crippen LogP contribution in [0.5, 0.6) is 0 Å². The summed E-state index contributed by atoms with van der Waals surface area (Å²) in [5.74, 6) is -0.0270. The van der Waals surface area contributed by atoms with Gasteiger partial charge >= 0.3 is 5.97 Å². The molecule has 1 saturated carbocycles. The van der Waals surface area contributed by atoms with E-state index in [-0.39, 0.29) is 23.7 Å². The summed E-state index contributed by atoms with van der Waals surface area (Å²) in [6.45, 7) is 0.465. The molecule has 1 heterocycles. The van der Waals surface area contributed by atoms with Gasteiger partial charge in [-0.2, -0.15) is 0 Å². The summed E-state index contributed by atoms with van der Waals surface area (Å²) in [7, 11) is 0. The molecule has 3 heteroatoms. The largest absolute Gasteiger partial charge is 0.465 e. The Hall–Kier alpha value is -0.860. The first kappa shape index (κ1) is 4.97. The molecule has 0 spiro atoms. The van der Waals surface area contributed by atoms with Crippen molar-refractivity contribution in [2.75, 3.05) is 6.61 Å². The van der Waals surface area contributed by atoms with E-state index in [1.54, 1.807) is 0 Å². The van der Waals surface area contributed by atoms with Gasteiger partial charge in [-0.1, -0.05) is 0 Å². The molecule has 0 N–H and O–H groups in total. The van der Waals surface area contributed by atoms with E-state index >= 15 is 0 Å². The van der Waals surface area contributed by atoms with Gasteiger partial charge in [0, 0.05) is 11.8 Å². The van der Waals surface area contributed by atoms with Gasteiger partial charge in [0.1, 0.15) is 6.29 Å². The topological polar surface area (TPSA) is 43.4 Å². The van der Waals surface area contributed by atoms with Gasteiger partial charge in [-0.15, -0.1) is 0 Å². The van der Waals surface area contributed by atoms with Crippen LogP contribution in [0.4, 0.5) is 0 Å². The number of hydrogen-bond donors (Lipinski definition) is 0. The zero-order chi connectivity index (χ0) is 6.43. The molecule has 2 aliphatic rings. The van der Waals surface area contributed by atoms with Gasteiger partial charge < -0.3 is 9.53 Å². The molecular formula is C6H6O3. The van der Waals surface area contributed by atoms with Crippen LogP contribution in [0.2, 0.25) is 0 Å². The predicted molar refractivity (Wildman–Crippen MR) is 27.5 cm³/mol. The Morgan fingerprint density at radius 1 is 1.67 bits per heavy atom. The van der Waals surface area contributed by atoms with Gasteiger partial charge in [0.2, 0.25) is 0 Å². The van der Waals surface area contributed by atoms with Gasteiger partial charge in [0.15, 0.2) is 0 Å². The molecule has 0 radical (unpaired) electrons. The summed E-state index contributed by atoms with van der Waals surface area (Å²) < 4.78 is 4.65. The first-order chi connectivity index (χ1) is 4.34. The highest BCUT2D eigenvalue weighted by Gasteiger charge is 2.60. The van der Waals surface area contributed by atoms with Crippen LogP contribution in [0, 0.1) is 17.8 Å². The van der Waals surface area contributed by atoms with E-state index in [9.17, 15) is 9.59 Å². The van der Waals surface area contributed by atoms with Crippen molar-refractivity contribution in [3.8, 4) is 0 Å². The number of ether oxygens (including phenoxy) is 1. The third kappa shape index (κ3) is 0.465. The summed E-state index contributed by atoms with van der Waals surface area (Å²) >= 11 is 0. The lowest BCUT2D eigenvalue weighted by Gasteiger charge is -1.94. The SMILES string of the molecule is O=C[C@H]1[C@@H]2COC(=O)[C@H]12. The third-order valence-corrected chi connectivity index (χ3v) is 2.08. The Kier molecular flexibility index (Phi) is 0.743. The summed E-state index contributed by atoms with van der Waals surface area (Å²) in [6, 6.07) is 0. The number of esters is 1. The standard InChI is InChI=1S/C6H6O3/c7-1-3-4-2-9-6(8)5(3)4/h1,3-5H,2H2/t3-,4-,5+/m0/s1. The number of carbonyl (C=O) groups is 2. The number of hydrogen-bond acceptors (Lipinski definition) is 3. The van der Waals surface area contributed by atoms with Crippen molar-refractivity contribution in [2.24, 2.45) is 17.8 Å². The lowest BCUT2D eigenvalue weighted by Crippen LogP contribution is -2.05. The molecule has 0 aromatic rings. The molecule has 1 saturated heterocycles. The van der Waals surface area contributed by atoms with E-state index < -0.39 is 0 Å². The monoisotopic (exact) mass is 126 g/mol. The maximum absolute atomic E-state index is 10.6. The van der Waals surface area contributed by atoms with Crippen molar-refractivity contribution < 1.29 is 14.3 Å². The molecule has 0 amide bonds. The van der Waals surface area contributed by atoms with Crippen LogP contribution in [-0.2, 0) is 14.3 Å². The quantitative estimate of drug-likeness (QED) is 0.355. The number of aldehydes is 1. The normalized spacial score (nSPS) is 45.8. The first-order valence-electron chi connectivity index (χ1n) is 2.96. The van der Waals surface area contributed by atoms with E-state index in [4.69, 9.17) is 0 Å². The average molecular weight is 126 g/mol. The molecule has 0 aromatic heterocycles. The molecule has 9 heavy (non-hydrogen) atoms. The number of rotatable bonds is 1. The van der Waals surface area contributed by atoms with E-state index in [1.165, 1.54) is 0 Å². The maximum Gasteiger partial charge on any atom is 0.310 e.